The fourth-order valence-corrected chi connectivity index (χ4v) is 2.28. The van der Waals surface area contributed by atoms with E-state index in [-0.39, 0.29) is 12.3 Å². The number of sulfonamides is 1. The van der Waals surface area contributed by atoms with Crippen molar-refractivity contribution in [3.8, 4) is 0 Å². The zero-order valence-corrected chi connectivity index (χ0v) is 9.75. The number of ketones is 1. The molecule has 6 heteroatoms. The lowest BCUT2D eigenvalue weighted by molar-refractivity contribution is -0.115. The van der Waals surface area contributed by atoms with Gasteiger partial charge < -0.3 is 5.32 Å². The van der Waals surface area contributed by atoms with Crippen LogP contribution in [-0.2, 0) is 14.8 Å². The number of Topliss-reactive ketones (excluding diaryl/α,β-unsaturated/α-hetero) is 1. The van der Waals surface area contributed by atoms with Gasteiger partial charge in [-0.3, -0.25) is 9.52 Å². The summed E-state index contributed by atoms with van der Waals surface area (Å²) in [6.45, 7) is 0.0513. The monoisotopic (exact) mass is 242 g/mol. The second-order valence-electron chi connectivity index (χ2n) is 3.30. The van der Waals surface area contributed by atoms with Crippen molar-refractivity contribution in [1.82, 2.24) is 5.32 Å². The van der Waals surface area contributed by atoms with Crippen LogP contribution in [0.2, 0.25) is 0 Å². The Morgan fingerprint density at radius 1 is 1.25 bits per heavy atom. The highest BCUT2D eigenvalue weighted by atomic mass is 32.2. The van der Waals surface area contributed by atoms with Gasteiger partial charge in [-0.15, -0.1) is 0 Å². The molecule has 0 bridgehead atoms. The van der Waals surface area contributed by atoms with E-state index in [9.17, 15) is 13.2 Å². The van der Waals surface area contributed by atoms with Crippen LogP contribution in [0.25, 0.3) is 0 Å². The van der Waals surface area contributed by atoms with E-state index in [0.717, 1.165) is 0 Å². The van der Waals surface area contributed by atoms with Gasteiger partial charge in [0.15, 0.2) is 5.78 Å². The molecule has 0 unspecified atom stereocenters. The average Bonchev–Trinajstić information content (AvgIpc) is 2.17. The molecule has 5 nitrogen and oxygen atoms in total. The number of hydrogen-bond acceptors (Lipinski definition) is 4. The summed E-state index contributed by atoms with van der Waals surface area (Å²) in [6.07, 6.45) is 0. The molecule has 0 heterocycles. The Morgan fingerprint density at radius 2 is 1.88 bits per heavy atom. The number of benzene rings is 1. The molecular formula is C10H14N2O3S. The van der Waals surface area contributed by atoms with Gasteiger partial charge in [-0.25, -0.2) is 8.42 Å². The van der Waals surface area contributed by atoms with Gasteiger partial charge >= 0.3 is 0 Å². The molecule has 0 aromatic heterocycles. The van der Waals surface area contributed by atoms with Crippen molar-refractivity contribution in [3.63, 3.8) is 0 Å². The maximum atomic E-state index is 11.5. The number of anilines is 1. The van der Waals surface area contributed by atoms with Gasteiger partial charge in [-0.2, -0.15) is 0 Å². The van der Waals surface area contributed by atoms with Crippen LogP contribution < -0.4 is 10.0 Å². The molecule has 0 aliphatic heterocycles. The van der Waals surface area contributed by atoms with Crippen molar-refractivity contribution in [2.75, 3.05) is 24.1 Å². The predicted octanol–water partition coefficient (Wildman–Crippen LogP) is 0.217. The van der Waals surface area contributed by atoms with Gasteiger partial charge in [-0.05, 0) is 19.2 Å². The summed E-state index contributed by atoms with van der Waals surface area (Å²) in [6, 6.07) is 8.46. The summed E-state index contributed by atoms with van der Waals surface area (Å²) in [7, 11) is -2.00. The minimum Gasteiger partial charge on any atom is -0.313 e. The van der Waals surface area contributed by atoms with Crippen molar-refractivity contribution < 1.29 is 13.2 Å². The van der Waals surface area contributed by atoms with E-state index >= 15 is 0 Å². The molecule has 0 radical (unpaired) electrons. The number of carbonyl (C=O) groups excluding carboxylic acids is 1. The molecule has 16 heavy (non-hydrogen) atoms. The van der Waals surface area contributed by atoms with Gasteiger partial charge in [0.2, 0.25) is 10.0 Å². The predicted molar refractivity (Wildman–Crippen MR) is 62.8 cm³/mol. The van der Waals surface area contributed by atoms with Crippen LogP contribution >= 0.6 is 0 Å². The van der Waals surface area contributed by atoms with E-state index in [1.54, 1.807) is 37.4 Å². The van der Waals surface area contributed by atoms with Gasteiger partial charge in [-0.1, -0.05) is 18.2 Å². The van der Waals surface area contributed by atoms with E-state index in [1.807, 2.05) is 0 Å². The van der Waals surface area contributed by atoms with Crippen LogP contribution in [0.1, 0.15) is 0 Å². The SMILES string of the molecule is CNCC(=O)CS(=O)(=O)Nc1ccccc1. The number of para-hydroxylation sites is 1. The number of carbonyl (C=O) groups is 1. The van der Waals surface area contributed by atoms with Crippen molar-refractivity contribution >= 4 is 21.5 Å². The van der Waals surface area contributed by atoms with Crippen LogP contribution in [0.5, 0.6) is 0 Å². The van der Waals surface area contributed by atoms with Crippen molar-refractivity contribution in [3.05, 3.63) is 30.3 Å². The molecule has 0 atom stereocenters. The van der Waals surface area contributed by atoms with E-state index in [1.165, 1.54) is 0 Å². The van der Waals surface area contributed by atoms with E-state index < -0.39 is 15.8 Å². The average molecular weight is 242 g/mol. The number of hydrogen-bond donors (Lipinski definition) is 2. The molecule has 2 N–H and O–H groups in total. The van der Waals surface area contributed by atoms with Gasteiger partial charge in [0.1, 0.15) is 5.75 Å². The Labute approximate surface area is 94.9 Å². The van der Waals surface area contributed by atoms with Gasteiger partial charge in [0.25, 0.3) is 0 Å². The smallest absolute Gasteiger partial charge is 0.239 e. The second-order valence-corrected chi connectivity index (χ2v) is 5.02. The lowest BCUT2D eigenvalue weighted by atomic mass is 10.3. The Bertz CT molecular complexity index is 442. The summed E-state index contributed by atoms with van der Waals surface area (Å²) in [5.41, 5.74) is 0.458. The summed E-state index contributed by atoms with van der Waals surface area (Å²) in [5.74, 6) is -0.881. The van der Waals surface area contributed by atoms with Crippen LogP contribution in [0.4, 0.5) is 5.69 Å². The molecule has 0 spiro atoms. The van der Waals surface area contributed by atoms with Crippen LogP contribution in [0.3, 0.4) is 0 Å². The molecule has 0 fully saturated rings. The minimum absolute atomic E-state index is 0.0513. The number of likely N-dealkylation sites (N-methyl/N-ethyl adjacent to an activating group) is 1. The zero-order valence-electron chi connectivity index (χ0n) is 8.93. The molecule has 0 saturated carbocycles. The third-order valence-corrected chi connectivity index (χ3v) is 3.02. The van der Waals surface area contributed by atoms with E-state index in [0.29, 0.717) is 5.69 Å². The fourth-order valence-electron chi connectivity index (χ4n) is 1.18. The largest absolute Gasteiger partial charge is 0.313 e. The molecular weight excluding hydrogens is 228 g/mol. The van der Waals surface area contributed by atoms with Crippen molar-refractivity contribution in [2.24, 2.45) is 0 Å². The third kappa shape index (κ3) is 4.41. The maximum Gasteiger partial charge on any atom is 0.239 e. The van der Waals surface area contributed by atoms with E-state index in [2.05, 4.69) is 10.0 Å². The Balaban J connectivity index is 2.63. The zero-order chi connectivity index (χ0) is 12.0. The first-order valence-electron chi connectivity index (χ1n) is 4.75. The molecule has 0 saturated heterocycles. The summed E-state index contributed by atoms with van der Waals surface area (Å²) in [5, 5.41) is 2.61. The highest BCUT2D eigenvalue weighted by Gasteiger charge is 2.15. The first-order valence-corrected chi connectivity index (χ1v) is 6.40. The molecule has 0 amide bonds. The third-order valence-electron chi connectivity index (χ3n) is 1.77. The van der Waals surface area contributed by atoms with Crippen LogP contribution in [0, 0.1) is 0 Å². The quantitative estimate of drug-likeness (QED) is 0.748. The Kier molecular flexibility index (Phi) is 4.45. The second kappa shape index (κ2) is 5.62. The summed E-state index contributed by atoms with van der Waals surface area (Å²) < 4.78 is 25.4. The molecule has 1 rings (SSSR count). The van der Waals surface area contributed by atoms with Crippen LogP contribution in [0.15, 0.2) is 30.3 Å². The lowest BCUT2D eigenvalue weighted by Crippen LogP contribution is -2.29. The molecule has 1 aromatic carbocycles. The number of nitrogens with one attached hydrogen (secondary N) is 2. The summed E-state index contributed by atoms with van der Waals surface area (Å²) >= 11 is 0. The normalized spacial score (nSPS) is 11.1. The maximum absolute atomic E-state index is 11.5. The topological polar surface area (TPSA) is 75.3 Å². The van der Waals surface area contributed by atoms with Crippen molar-refractivity contribution in [2.45, 2.75) is 0 Å². The highest BCUT2D eigenvalue weighted by molar-refractivity contribution is 7.93. The highest BCUT2D eigenvalue weighted by Crippen LogP contribution is 2.07. The van der Waals surface area contributed by atoms with E-state index in [4.69, 9.17) is 0 Å². The molecule has 88 valence electrons. The fraction of sp³-hybridized carbons (Fsp3) is 0.300. The standard InChI is InChI=1S/C10H14N2O3S/c1-11-7-10(13)8-16(14,15)12-9-5-3-2-4-6-9/h2-6,11-12H,7-8H2,1H3. The summed E-state index contributed by atoms with van der Waals surface area (Å²) in [4.78, 5) is 11.2. The van der Waals surface area contributed by atoms with Gasteiger partial charge in [0, 0.05) is 5.69 Å². The van der Waals surface area contributed by atoms with Crippen molar-refractivity contribution in [1.29, 1.82) is 0 Å². The number of rotatable bonds is 6. The lowest BCUT2D eigenvalue weighted by Gasteiger charge is -2.06. The van der Waals surface area contributed by atoms with Gasteiger partial charge in [0.05, 0.1) is 6.54 Å². The Morgan fingerprint density at radius 3 is 2.44 bits per heavy atom. The Hall–Kier alpha value is -1.40. The molecule has 0 aliphatic carbocycles. The molecule has 0 aliphatic rings. The molecule has 1 aromatic rings. The first-order chi connectivity index (χ1) is 7.53. The first kappa shape index (κ1) is 12.7. The minimum atomic E-state index is -3.60. The van der Waals surface area contributed by atoms with Crippen LogP contribution in [-0.4, -0.2) is 33.5 Å².